The van der Waals surface area contributed by atoms with Crippen molar-refractivity contribution in [2.75, 3.05) is 12.4 Å². The second kappa shape index (κ2) is 7.52. The van der Waals surface area contributed by atoms with Gasteiger partial charge >= 0.3 is 11.9 Å². The molecule has 1 aliphatic rings. The van der Waals surface area contributed by atoms with Crippen LogP contribution in [0, 0.1) is 0 Å². The number of rotatable bonds is 4. The van der Waals surface area contributed by atoms with Gasteiger partial charge in [0.2, 0.25) is 5.91 Å². The van der Waals surface area contributed by atoms with Gasteiger partial charge in [-0.2, -0.15) is 0 Å². The molecule has 0 radical (unpaired) electrons. The first-order chi connectivity index (χ1) is 14.0. The maximum absolute atomic E-state index is 12.5. The second-order valence-corrected chi connectivity index (χ2v) is 7.69. The lowest BCUT2D eigenvalue weighted by Crippen LogP contribution is -2.22. The highest BCUT2D eigenvalue weighted by Crippen LogP contribution is 2.49. The number of esters is 1. The van der Waals surface area contributed by atoms with Crippen LogP contribution in [-0.2, 0) is 9.53 Å². The van der Waals surface area contributed by atoms with Crippen molar-refractivity contribution in [1.29, 1.82) is 0 Å². The lowest BCUT2D eigenvalue weighted by molar-refractivity contribution is -0.116. The molecule has 0 bridgehead atoms. The van der Waals surface area contributed by atoms with E-state index in [-0.39, 0.29) is 23.1 Å². The standard InChI is InChI=1S/C22H17NO5S/c1-28-22(27)14-9-7-12(8-10-14)15-11-16(24)23-18-17(13-5-3-2-4-6-13)20(21(25)26)29-19(15)18/h2-10,15H,11H2,1H3,(H,23,24)(H,25,26). The zero-order valence-corrected chi connectivity index (χ0v) is 16.3. The smallest absolute Gasteiger partial charge is 0.346 e. The van der Waals surface area contributed by atoms with Crippen molar-refractivity contribution in [3.05, 3.63) is 75.5 Å². The number of carboxylic acids is 1. The Morgan fingerprint density at radius 3 is 2.41 bits per heavy atom. The number of carbonyl (C=O) groups excluding carboxylic acids is 2. The fourth-order valence-electron chi connectivity index (χ4n) is 3.56. The maximum atomic E-state index is 12.5. The predicted octanol–water partition coefficient (Wildman–Crippen LogP) is 4.37. The van der Waals surface area contributed by atoms with Gasteiger partial charge in [-0.25, -0.2) is 9.59 Å². The number of carbonyl (C=O) groups is 3. The molecule has 2 heterocycles. The number of amides is 1. The molecule has 0 fully saturated rings. The number of carboxylic acid groups (broad SMARTS) is 1. The number of nitrogens with one attached hydrogen (secondary N) is 1. The van der Waals surface area contributed by atoms with Gasteiger partial charge in [0.25, 0.3) is 0 Å². The number of fused-ring (bicyclic) bond motifs is 1. The van der Waals surface area contributed by atoms with E-state index in [1.54, 1.807) is 24.3 Å². The number of hydrogen-bond acceptors (Lipinski definition) is 5. The quantitative estimate of drug-likeness (QED) is 0.627. The van der Waals surface area contributed by atoms with E-state index in [2.05, 4.69) is 5.32 Å². The SMILES string of the molecule is COC(=O)c1ccc(C2CC(=O)Nc3c2sc(C(=O)O)c3-c2ccccc2)cc1. The normalized spacial score (nSPS) is 15.3. The van der Waals surface area contributed by atoms with E-state index in [0.717, 1.165) is 16.0 Å². The number of methoxy groups -OCH3 is 1. The number of ether oxygens (including phenoxy) is 1. The third-order valence-electron chi connectivity index (χ3n) is 4.90. The Balaban J connectivity index is 1.84. The lowest BCUT2D eigenvalue weighted by Gasteiger charge is -2.24. The minimum atomic E-state index is -1.03. The first kappa shape index (κ1) is 18.9. The van der Waals surface area contributed by atoms with E-state index in [9.17, 15) is 19.5 Å². The van der Waals surface area contributed by atoms with Gasteiger partial charge in [0, 0.05) is 22.8 Å². The Bertz CT molecular complexity index is 1100. The first-order valence-electron chi connectivity index (χ1n) is 8.93. The molecule has 4 rings (SSSR count). The summed E-state index contributed by atoms with van der Waals surface area (Å²) < 4.78 is 4.72. The third-order valence-corrected chi connectivity index (χ3v) is 6.19. The van der Waals surface area contributed by atoms with Crippen LogP contribution in [-0.4, -0.2) is 30.1 Å². The van der Waals surface area contributed by atoms with E-state index in [0.29, 0.717) is 16.8 Å². The molecule has 29 heavy (non-hydrogen) atoms. The molecule has 0 saturated carbocycles. The minimum absolute atomic E-state index is 0.175. The number of thiophene rings is 1. The number of anilines is 1. The van der Waals surface area contributed by atoms with E-state index >= 15 is 0 Å². The van der Waals surface area contributed by atoms with Crippen LogP contribution in [0.25, 0.3) is 11.1 Å². The van der Waals surface area contributed by atoms with Gasteiger partial charge in [-0.3, -0.25) is 4.79 Å². The molecular weight excluding hydrogens is 390 g/mol. The van der Waals surface area contributed by atoms with Gasteiger partial charge in [-0.05, 0) is 23.3 Å². The Labute approximate surface area is 170 Å². The Morgan fingerprint density at radius 1 is 1.10 bits per heavy atom. The van der Waals surface area contributed by atoms with Crippen molar-refractivity contribution in [2.45, 2.75) is 12.3 Å². The highest BCUT2D eigenvalue weighted by Gasteiger charge is 2.34. The summed E-state index contributed by atoms with van der Waals surface area (Å²) in [7, 11) is 1.32. The summed E-state index contributed by atoms with van der Waals surface area (Å²) >= 11 is 1.18. The topological polar surface area (TPSA) is 92.7 Å². The van der Waals surface area contributed by atoms with Crippen molar-refractivity contribution >= 4 is 34.9 Å². The van der Waals surface area contributed by atoms with Gasteiger partial charge in [-0.15, -0.1) is 11.3 Å². The molecule has 0 aliphatic carbocycles. The number of hydrogen-bond donors (Lipinski definition) is 2. The van der Waals surface area contributed by atoms with Crippen LogP contribution in [0.1, 0.15) is 42.8 Å². The summed E-state index contributed by atoms with van der Waals surface area (Å²) in [6.45, 7) is 0. The molecule has 1 amide bonds. The molecule has 0 spiro atoms. The Hall–Kier alpha value is -3.45. The van der Waals surface area contributed by atoms with Gasteiger partial charge < -0.3 is 15.2 Å². The molecule has 1 aromatic heterocycles. The van der Waals surface area contributed by atoms with Gasteiger partial charge in [0.1, 0.15) is 4.88 Å². The fraction of sp³-hybridized carbons (Fsp3) is 0.136. The Kier molecular flexibility index (Phi) is 4.90. The molecule has 3 aromatic rings. The van der Waals surface area contributed by atoms with Crippen molar-refractivity contribution < 1.29 is 24.2 Å². The van der Waals surface area contributed by atoms with Crippen LogP contribution in [0.2, 0.25) is 0 Å². The summed E-state index contributed by atoms with van der Waals surface area (Å²) in [5.74, 6) is -1.93. The molecule has 2 aromatic carbocycles. The van der Waals surface area contributed by atoms with Crippen LogP contribution >= 0.6 is 11.3 Å². The van der Waals surface area contributed by atoms with Crippen LogP contribution in [0.5, 0.6) is 0 Å². The highest BCUT2D eigenvalue weighted by atomic mass is 32.1. The van der Waals surface area contributed by atoms with E-state index in [4.69, 9.17) is 4.74 Å². The van der Waals surface area contributed by atoms with E-state index < -0.39 is 11.9 Å². The van der Waals surface area contributed by atoms with Gasteiger partial charge in [0.05, 0.1) is 18.4 Å². The monoisotopic (exact) mass is 407 g/mol. The number of benzene rings is 2. The average Bonchev–Trinajstić information content (AvgIpc) is 3.13. The molecule has 1 atom stereocenters. The molecule has 1 aliphatic heterocycles. The molecule has 7 heteroatoms. The highest BCUT2D eigenvalue weighted by molar-refractivity contribution is 7.15. The molecular formula is C22H17NO5S. The summed E-state index contributed by atoms with van der Waals surface area (Å²) in [5.41, 5.74) is 3.08. The molecule has 2 N–H and O–H groups in total. The van der Waals surface area contributed by atoms with E-state index in [1.165, 1.54) is 18.4 Å². The second-order valence-electron chi connectivity index (χ2n) is 6.64. The number of aromatic carboxylic acids is 1. The summed E-state index contributed by atoms with van der Waals surface area (Å²) in [4.78, 5) is 37.1. The van der Waals surface area contributed by atoms with E-state index in [1.807, 2.05) is 30.3 Å². The van der Waals surface area contributed by atoms with Crippen LogP contribution in [0.15, 0.2) is 54.6 Å². The third kappa shape index (κ3) is 3.40. The summed E-state index contributed by atoms with van der Waals surface area (Å²) in [5, 5.41) is 12.6. The molecule has 146 valence electrons. The van der Waals surface area contributed by atoms with Crippen molar-refractivity contribution in [2.24, 2.45) is 0 Å². The zero-order chi connectivity index (χ0) is 20.5. The molecule has 1 unspecified atom stereocenters. The first-order valence-corrected chi connectivity index (χ1v) is 9.74. The maximum Gasteiger partial charge on any atom is 0.346 e. The Morgan fingerprint density at radius 2 is 1.79 bits per heavy atom. The molecule has 0 saturated heterocycles. The fourth-order valence-corrected chi connectivity index (χ4v) is 4.80. The van der Waals surface area contributed by atoms with Crippen molar-refractivity contribution in [3.63, 3.8) is 0 Å². The summed E-state index contributed by atoms with van der Waals surface area (Å²) in [6.07, 6.45) is 0.207. The largest absolute Gasteiger partial charge is 0.477 e. The minimum Gasteiger partial charge on any atom is -0.477 e. The van der Waals surface area contributed by atoms with Gasteiger partial charge in [-0.1, -0.05) is 42.5 Å². The lowest BCUT2D eigenvalue weighted by atomic mass is 9.88. The predicted molar refractivity (Wildman–Crippen MR) is 110 cm³/mol. The van der Waals surface area contributed by atoms with Crippen LogP contribution in [0.3, 0.4) is 0 Å². The van der Waals surface area contributed by atoms with Crippen LogP contribution in [0.4, 0.5) is 5.69 Å². The van der Waals surface area contributed by atoms with Crippen molar-refractivity contribution in [3.8, 4) is 11.1 Å². The summed E-state index contributed by atoms with van der Waals surface area (Å²) in [6, 6.07) is 16.0. The van der Waals surface area contributed by atoms with Crippen molar-refractivity contribution in [1.82, 2.24) is 0 Å². The zero-order valence-electron chi connectivity index (χ0n) is 15.5. The average molecular weight is 407 g/mol. The molecule has 6 nitrogen and oxygen atoms in total. The van der Waals surface area contributed by atoms with Gasteiger partial charge in [0.15, 0.2) is 0 Å². The van der Waals surface area contributed by atoms with Crippen LogP contribution < -0.4 is 5.32 Å².